The molecule has 1 unspecified atom stereocenters. The molecule has 0 saturated heterocycles. The van der Waals surface area contributed by atoms with Crippen LogP contribution in [0.2, 0.25) is 0 Å². The van der Waals surface area contributed by atoms with E-state index in [0.717, 1.165) is 12.0 Å². The fourth-order valence-corrected chi connectivity index (χ4v) is 2.85. The Balaban J connectivity index is 2.09. The van der Waals surface area contributed by atoms with E-state index in [4.69, 9.17) is 9.47 Å². The van der Waals surface area contributed by atoms with Crippen molar-refractivity contribution in [1.29, 1.82) is 0 Å². The number of ether oxygens (including phenoxy) is 2. The summed E-state index contributed by atoms with van der Waals surface area (Å²) >= 11 is 0. The first-order valence-corrected chi connectivity index (χ1v) is 10.4. The Hall–Kier alpha value is -3.35. The van der Waals surface area contributed by atoms with Crippen molar-refractivity contribution in [3.8, 4) is 11.5 Å². The summed E-state index contributed by atoms with van der Waals surface area (Å²) in [6.07, 6.45) is 2.35. The van der Waals surface area contributed by atoms with Crippen LogP contribution in [0, 0.1) is 12.8 Å². The van der Waals surface area contributed by atoms with E-state index in [0.29, 0.717) is 29.2 Å². The Bertz CT molecular complexity index is 908. The van der Waals surface area contributed by atoms with Gasteiger partial charge in [0.2, 0.25) is 0 Å². The molecule has 0 radical (unpaired) electrons. The lowest BCUT2D eigenvalue weighted by Crippen LogP contribution is -2.48. The predicted molar refractivity (Wildman–Crippen MR) is 122 cm³/mol. The highest BCUT2D eigenvalue weighted by Crippen LogP contribution is 2.30. The quantitative estimate of drug-likeness (QED) is 0.449. The molecule has 0 aliphatic carbocycles. The summed E-state index contributed by atoms with van der Waals surface area (Å²) in [6, 6.07) is 11.9. The summed E-state index contributed by atoms with van der Waals surface area (Å²) in [5.74, 6) is 0.337. The predicted octanol–water partition coefficient (Wildman–Crippen LogP) is 3.70. The van der Waals surface area contributed by atoms with Crippen LogP contribution < -0.4 is 20.2 Å². The monoisotopic (exact) mass is 425 g/mol. The van der Waals surface area contributed by atoms with Crippen LogP contribution in [0.1, 0.15) is 48.7 Å². The van der Waals surface area contributed by atoms with Crippen molar-refractivity contribution < 1.29 is 19.1 Å². The number of nitrogens with one attached hydrogen (secondary N) is 2. The first-order valence-electron chi connectivity index (χ1n) is 10.4. The Labute approximate surface area is 183 Å². The van der Waals surface area contributed by atoms with Crippen LogP contribution >= 0.6 is 0 Å². The molecule has 0 saturated carbocycles. The summed E-state index contributed by atoms with van der Waals surface area (Å²) in [6.45, 7) is 8.23. The van der Waals surface area contributed by atoms with E-state index in [-0.39, 0.29) is 11.8 Å². The van der Waals surface area contributed by atoms with E-state index in [2.05, 4.69) is 15.8 Å². The van der Waals surface area contributed by atoms with Crippen molar-refractivity contribution in [2.75, 3.05) is 13.7 Å². The third kappa shape index (κ3) is 6.84. The van der Waals surface area contributed by atoms with Gasteiger partial charge in [-0.15, -0.1) is 0 Å². The molecule has 0 aliphatic heterocycles. The first-order chi connectivity index (χ1) is 14.9. The van der Waals surface area contributed by atoms with Crippen molar-refractivity contribution in [2.45, 2.75) is 40.2 Å². The number of hydrazone groups is 1. The zero-order valence-corrected chi connectivity index (χ0v) is 18.8. The van der Waals surface area contributed by atoms with Crippen molar-refractivity contribution in [3.05, 3.63) is 59.2 Å². The molecule has 31 heavy (non-hydrogen) atoms. The van der Waals surface area contributed by atoms with Crippen LogP contribution in [-0.2, 0) is 4.79 Å². The molecule has 0 spiro atoms. The normalized spacial score (nSPS) is 11.9. The molecule has 166 valence electrons. The molecular weight excluding hydrogens is 394 g/mol. The fourth-order valence-electron chi connectivity index (χ4n) is 2.85. The van der Waals surface area contributed by atoms with Gasteiger partial charge < -0.3 is 14.8 Å². The summed E-state index contributed by atoms with van der Waals surface area (Å²) in [7, 11) is 1.57. The van der Waals surface area contributed by atoms with Crippen molar-refractivity contribution in [2.24, 2.45) is 11.0 Å². The molecular formula is C24H31N3O4. The van der Waals surface area contributed by atoms with Gasteiger partial charge >= 0.3 is 0 Å². The molecule has 2 N–H and O–H groups in total. The molecule has 0 heterocycles. The molecule has 0 aromatic heterocycles. The zero-order valence-electron chi connectivity index (χ0n) is 18.8. The lowest BCUT2D eigenvalue weighted by Gasteiger charge is -2.20. The molecule has 2 rings (SSSR count). The number of amides is 2. The molecule has 2 amide bonds. The number of para-hydroxylation sites is 1. The Morgan fingerprint density at radius 1 is 1.13 bits per heavy atom. The number of rotatable bonds is 10. The molecule has 0 bridgehead atoms. The second kappa shape index (κ2) is 11.7. The van der Waals surface area contributed by atoms with Gasteiger partial charge in [-0.2, -0.15) is 5.10 Å². The minimum Gasteiger partial charge on any atom is -0.493 e. The van der Waals surface area contributed by atoms with Crippen molar-refractivity contribution in [3.63, 3.8) is 0 Å². The van der Waals surface area contributed by atoms with E-state index in [1.807, 2.05) is 52.0 Å². The number of hydrogen-bond acceptors (Lipinski definition) is 5. The molecule has 2 aromatic rings. The van der Waals surface area contributed by atoms with Gasteiger partial charge in [0.25, 0.3) is 11.8 Å². The van der Waals surface area contributed by atoms with Crippen LogP contribution in [0.5, 0.6) is 11.5 Å². The minimum absolute atomic E-state index is 0.120. The van der Waals surface area contributed by atoms with Gasteiger partial charge in [-0.1, -0.05) is 44.5 Å². The Kier molecular flexibility index (Phi) is 9.06. The molecule has 7 heteroatoms. The smallest absolute Gasteiger partial charge is 0.262 e. The zero-order chi connectivity index (χ0) is 22.8. The molecule has 0 aliphatic rings. The topological polar surface area (TPSA) is 89.0 Å². The third-order valence-electron chi connectivity index (χ3n) is 4.61. The Morgan fingerprint density at radius 3 is 2.45 bits per heavy atom. The van der Waals surface area contributed by atoms with Gasteiger partial charge in [0.05, 0.1) is 19.9 Å². The third-order valence-corrected chi connectivity index (χ3v) is 4.61. The van der Waals surface area contributed by atoms with Gasteiger partial charge in [0.15, 0.2) is 11.5 Å². The summed E-state index contributed by atoms with van der Waals surface area (Å²) < 4.78 is 11.1. The minimum atomic E-state index is -0.730. The number of aryl methyl sites for hydroxylation is 1. The van der Waals surface area contributed by atoms with Crippen LogP contribution in [0.25, 0.3) is 0 Å². The summed E-state index contributed by atoms with van der Waals surface area (Å²) in [5, 5.41) is 6.86. The molecule has 0 fully saturated rings. The van der Waals surface area contributed by atoms with Gasteiger partial charge in [-0.3, -0.25) is 9.59 Å². The molecule has 2 aromatic carbocycles. The lowest BCUT2D eigenvalue weighted by atomic mass is 10.0. The van der Waals surface area contributed by atoms with E-state index in [9.17, 15) is 9.59 Å². The maximum absolute atomic E-state index is 12.7. The maximum Gasteiger partial charge on any atom is 0.262 e. The van der Waals surface area contributed by atoms with Gasteiger partial charge in [0.1, 0.15) is 6.04 Å². The number of benzene rings is 2. The highest BCUT2D eigenvalue weighted by atomic mass is 16.5. The fraction of sp³-hybridized carbons (Fsp3) is 0.375. The second-order valence-corrected chi connectivity index (χ2v) is 7.52. The standard InChI is InChI=1S/C24H31N3O4/c1-6-14-31-22-19(8-7-9-20(22)30-5)15-25-27-24(29)21(16(2)3)26-23(28)18-12-10-17(4)11-13-18/h7-13,15-16,21H,6,14H2,1-5H3,(H,26,28)(H,27,29). The molecule has 1 atom stereocenters. The van der Waals surface area contributed by atoms with E-state index in [1.165, 1.54) is 6.21 Å². The van der Waals surface area contributed by atoms with E-state index in [1.54, 1.807) is 25.3 Å². The van der Waals surface area contributed by atoms with Gasteiger partial charge in [0, 0.05) is 11.1 Å². The number of carbonyl (C=O) groups excluding carboxylic acids is 2. The van der Waals surface area contributed by atoms with E-state index >= 15 is 0 Å². The average Bonchev–Trinajstić information content (AvgIpc) is 2.76. The maximum atomic E-state index is 12.7. The number of hydrogen-bond donors (Lipinski definition) is 2. The van der Waals surface area contributed by atoms with Crippen LogP contribution in [0.3, 0.4) is 0 Å². The number of nitrogens with zero attached hydrogens (tertiary/aromatic N) is 1. The van der Waals surface area contributed by atoms with Crippen molar-refractivity contribution in [1.82, 2.24) is 10.7 Å². The van der Waals surface area contributed by atoms with Crippen molar-refractivity contribution >= 4 is 18.0 Å². The highest BCUT2D eigenvalue weighted by molar-refractivity contribution is 5.97. The largest absolute Gasteiger partial charge is 0.493 e. The van der Waals surface area contributed by atoms with Gasteiger partial charge in [-0.25, -0.2) is 5.43 Å². The summed E-state index contributed by atoms with van der Waals surface area (Å²) in [5.41, 5.74) is 4.76. The second-order valence-electron chi connectivity index (χ2n) is 7.52. The van der Waals surface area contributed by atoms with E-state index < -0.39 is 11.9 Å². The SMILES string of the molecule is CCCOc1c(C=NNC(=O)C(NC(=O)c2ccc(C)cc2)C(C)C)cccc1OC. The highest BCUT2D eigenvalue weighted by Gasteiger charge is 2.24. The van der Waals surface area contributed by atoms with Gasteiger partial charge in [-0.05, 0) is 43.5 Å². The number of carbonyl (C=O) groups is 2. The number of methoxy groups -OCH3 is 1. The van der Waals surface area contributed by atoms with Crippen LogP contribution in [0.4, 0.5) is 0 Å². The first kappa shape index (κ1) is 23.9. The molecule has 7 nitrogen and oxygen atoms in total. The summed E-state index contributed by atoms with van der Waals surface area (Å²) in [4.78, 5) is 25.2. The van der Waals surface area contributed by atoms with Crippen LogP contribution in [0.15, 0.2) is 47.6 Å². The average molecular weight is 426 g/mol. The van der Waals surface area contributed by atoms with Crippen LogP contribution in [-0.4, -0.2) is 37.8 Å². The Morgan fingerprint density at radius 2 is 1.84 bits per heavy atom. The lowest BCUT2D eigenvalue weighted by molar-refractivity contribution is -0.123.